The molecular weight excluding hydrogens is 224 g/mol. The lowest BCUT2D eigenvalue weighted by Crippen LogP contribution is -2.24. The Morgan fingerprint density at radius 2 is 1.82 bits per heavy atom. The van der Waals surface area contributed by atoms with Gasteiger partial charge in [0.05, 0.1) is 6.61 Å². The second-order valence-corrected chi connectivity index (χ2v) is 4.87. The lowest BCUT2D eigenvalue weighted by Gasteiger charge is -2.21. The van der Waals surface area contributed by atoms with E-state index in [-0.39, 0.29) is 11.2 Å². The van der Waals surface area contributed by atoms with Gasteiger partial charge in [-0.1, -0.05) is 19.9 Å². The van der Waals surface area contributed by atoms with Crippen LogP contribution in [0.5, 0.6) is 5.75 Å². The van der Waals surface area contributed by atoms with Gasteiger partial charge >= 0.3 is 0 Å². The number of nitrogens with two attached hydrogens (primary N) is 1. The molecule has 0 aromatic heterocycles. The molecule has 0 saturated carbocycles. The molecule has 0 saturated heterocycles. The third kappa shape index (κ3) is 4.30. The van der Waals surface area contributed by atoms with Crippen molar-refractivity contribution in [2.45, 2.75) is 26.7 Å². The number of benzene rings is 1. The Labute approximate surface area is 101 Å². The predicted octanol–water partition coefficient (Wildman–Crippen LogP) is 3.11. The summed E-state index contributed by atoms with van der Waals surface area (Å²) < 4.78 is 31.5. The van der Waals surface area contributed by atoms with E-state index in [9.17, 15) is 8.78 Å². The van der Waals surface area contributed by atoms with E-state index in [1.165, 1.54) is 18.2 Å². The lowest BCUT2D eigenvalue weighted by atomic mass is 9.88. The number of ether oxygens (including phenoxy) is 1. The molecule has 0 atom stereocenters. The van der Waals surface area contributed by atoms with E-state index >= 15 is 0 Å². The second-order valence-electron chi connectivity index (χ2n) is 4.87. The first-order valence-electron chi connectivity index (χ1n) is 5.73. The van der Waals surface area contributed by atoms with Gasteiger partial charge in [0.25, 0.3) is 0 Å². The number of para-hydroxylation sites is 1. The molecule has 0 amide bonds. The molecule has 0 spiro atoms. The van der Waals surface area contributed by atoms with Crippen LogP contribution in [0.4, 0.5) is 8.78 Å². The number of hydrogen-bond acceptors (Lipinski definition) is 2. The molecule has 0 unspecified atom stereocenters. The van der Waals surface area contributed by atoms with E-state index < -0.39 is 11.6 Å². The fourth-order valence-corrected chi connectivity index (χ4v) is 1.45. The molecule has 0 heterocycles. The molecule has 2 N–H and O–H groups in total. The van der Waals surface area contributed by atoms with Crippen molar-refractivity contribution in [3.05, 3.63) is 29.8 Å². The Bertz CT molecular complexity index is 346. The van der Waals surface area contributed by atoms with Gasteiger partial charge in [-0.15, -0.1) is 0 Å². The van der Waals surface area contributed by atoms with E-state index in [0.717, 1.165) is 12.8 Å². The van der Waals surface area contributed by atoms with Crippen LogP contribution >= 0.6 is 0 Å². The maximum absolute atomic E-state index is 13.2. The molecule has 0 radical (unpaired) electrons. The number of halogens is 2. The minimum atomic E-state index is -0.664. The molecule has 4 heteroatoms. The van der Waals surface area contributed by atoms with Crippen LogP contribution in [0, 0.1) is 17.0 Å². The normalized spacial score (nSPS) is 11.6. The fraction of sp³-hybridized carbons (Fsp3) is 0.538. The molecule has 96 valence electrons. The smallest absolute Gasteiger partial charge is 0.190 e. The van der Waals surface area contributed by atoms with Crippen molar-refractivity contribution in [2.75, 3.05) is 13.2 Å². The van der Waals surface area contributed by atoms with E-state index in [0.29, 0.717) is 13.2 Å². The van der Waals surface area contributed by atoms with Crippen molar-refractivity contribution in [2.24, 2.45) is 11.1 Å². The van der Waals surface area contributed by atoms with E-state index in [4.69, 9.17) is 10.5 Å². The van der Waals surface area contributed by atoms with Crippen LogP contribution in [0.25, 0.3) is 0 Å². The van der Waals surface area contributed by atoms with Crippen LogP contribution in [-0.4, -0.2) is 13.2 Å². The van der Waals surface area contributed by atoms with Crippen molar-refractivity contribution in [1.29, 1.82) is 0 Å². The first kappa shape index (κ1) is 13.9. The summed E-state index contributed by atoms with van der Waals surface area (Å²) in [6.07, 6.45) is 1.58. The molecule has 0 aliphatic carbocycles. The second kappa shape index (κ2) is 5.96. The maximum Gasteiger partial charge on any atom is 0.190 e. The zero-order chi connectivity index (χ0) is 12.9. The number of hydrogen-bond donors (Lipinski definition) is 1. The summed E-state index contributed by atoms with van der Waals surface area (Å²) in [7, 11) is 0. The zero-order valence-electron chi connectivity index (χ0n) is 10.3. The molecule has 1 aromatic carbocycles. The average Bonchev–Trinajstić information content (AvgIpc) is 2.27. The molecule has 0 bridgehead atoms. The minimum Gasteiger partial charge on any atom is -0.488 e. The third-order valence-electron chi connectivity index (χ3n) is 2.72. The summed E-state index contributed by atoms with van der Waals surface area (Å²) in [6, 6.07) is 3.68. The summed E-state index contributed by atoms with van der Waals surface area (Å²) in [5.41, 5.74) is 5.63. The Morgan fingerprint density at radius 1 is 1.24 bits per heavy atom. The number of rotatable bonds is 6. The first-order chi connectivity index (χ1) is 7.96. The summed E-state index contributed by atoms with van der Waals surface area (Å²) >= 11 is 0. The van der Waals surface area contributed by atoms with Gasteiger partial charge in [0.15, 0.2) is 17.4 Å². The molecule has 0 aliphatic heterocycles. The van der Waals surface area contributed by atoms with E-state index in [2.05, 4.69) is 13.8 Å². The first-order valence-corrected chi connectivity index (χ1v) is 5.73. The van der Waals surface area contributed by atoms with Crippen LogP contribution in [0.1, 0.15) is 26.7 Å². The molecule has 1 aromatic rings. The molecule has 17 heavy (non-hydrogen) atoms. The van der Waals surface area contributed by atoms with E-state index in [1.54, 1.807) is 0 Å². The Balaban J connectivity index is 2.42. The Morgan fingerprint density at radius 3 is 2.35 bits per heavy atom. The van der Waals surface area contributed by atoms with Gasteiger partial charge < -0.3 is 10.5 Å². The molecular formula is C13H19F2NO. The lowest BCUT2D eigenvalue weighted by molar-refractivity contribution is 0.244. The monoisotopic (exact) mass is 243 g/mol. The van der Waals surface area contributed by atoms with Crippen LogP contribution < -0.4 is 10.5 Å². The van der Waals surface area contributed by atoms with Crippen LogP contribution in [0.2, 0.25) is 0 Å². The van der Waals surface area contributed by atoms with E-state index in [1.807, 2.05) is 0 Å². The van der Waals surface area contributed by atoms with Gasteiger partial charge in [-0.25, -0.2) is 8.78 Å². The summed E-state index contributed by atoms with van der Waals surface area (Å²) in [5.74, 6) is -1.62. The highest BCUT2D eigenvalue weighted by molar-refractivity contribution is 5.25. The van der Waals surface area contributed by atoms with Gasteiger partial charge in [-0.2, -0.15) is 0 Å². The molecule has 0 fully saturated rings. The van der Waals surface area contributed by atoms with Crippen LogP contribution in [0.3, 0.4) is 0 Å². The highest BCUT2D eigenvalue weighted by Crippen LogP contribution is 2.23. The Hall–Kier alpha value is -1.16. The standard InChI is InChI=1S/C13H19F2NO/c1-13(2,9-16)7-4-8-17-12-10(14)5-3-6-11(12)15/h3,5-6H,4,7-9,16H2,1-2H3. The molecule has 2 nitrogen and oxygen atoms in total. The van der Waals surface area contributed by atoms with Gasteiger partial charge in [0.1, 0.15) is 0 Å². The summed E-state index contributed by atoms with van der Waals surface area (Å²) in [5, 5.41) is 0. The SMILES string of the molecule is CC(C)(CN)CCCOc1c(F)cccc1F. The summed E-state index contributed by atoms with van der Waals surface area (Å²) in [4.78, 5) is 0. The van der Waals surface area contributed by atoms with Crippen molar-refractivity contribution < 1.29 is 13.5 Å². The van der Waals surface area contributed by atoms with Gasteiger partial charge in [0, 0.05) is 0 Å². The highest BCUT2D eigenvalue weighted by atomic mass is 19.1. The quantitative estimate of drug-likeness (QED) is 0.779. The molecule has 0 aliphatic rings. The van der Waals surface area contributed by atoms with Crippen molar-refractivity contribution in [3.8, 4) is 5.75 Å². The average molecular weight is 243 g/mol. The van der Waals surface area contributed by atoms with Gasteiger partial charge in [-0.3, -0.25) is 0 Å². The molecule has 1 rings (SSSR count). The zero-order valence-corrected chi connectivity index (χ0v) is 10.3. The fourth-order valence-electron chi connectivity index (χ4n) is 1.45. The largest absolute Gasteiger partial charge is 0.488 e. The van der Waals surface area contributed by atoms with Crippen molar-refractivity contribution >= 4 is 0 Å². The highest BCUT2D eigenvalue weighted by Gasteiger charge is 2.15. The van der Waals surface area contributed by atoms with Gasteiger partial charge in [-0.05, 0) is 36.9 Å². The maximum atomic E-state index is 13.2. The summed E-state index contributed by atoms with van der Waals surface area (Å²) in [6.45, 7) is 4.98. The van der Waals surface area contributed by atoms with Crippen molar-refractivity contribution in [1.82, 2.24) is 0 Å². The topological polar surface area (TPSA) is 35.2 Å². The van der Waals surface area contributed by atoms with Crippen LogP contribution in [0.15, 0.2) is 18.2 Å². The van der Waals surface area contributed by atoms with Crippen molar-refractivity contribution in [3.63, 3.8) is 0 Å². The van der Waals surface area contributed by atoms with Gasteiger partial charge in [0.2, 0.25) is 0 Å². The van der Waals surface area contributed by atoms with Crippen LogP contribution in [-0.2, 0) is 0 Å². The minimum absolute atomic E-state index is 0.0388. The Kier molecular flexibility index (Phi) is 4.87. The third-order valence-corrected chi connectivity index (χ3v) is 2.72. The predicted molar refractivity (Wildman–Crippen MR) is 63.9 cm³/mol.